The van der Waals surface area contributed by atoms with Gasteiger partial charge in [0, 0.05) is 12.4 Å². The van der Waals surface area contributed by atoms with Crippen molar-refractivity contribution in [3.8, 4) is 17.4 Å². The molecule has 5 nitrogen and oxygen atoms in total. The van der Waals surface area contributed by atoms with Crippen LogP contribution in [0, 0.1) is 0 Å². The Kier molecular flexibility index (Phi) is 4.47. The minimum atomic E-state index is 0.136. The maximum absolute atomic E-state index is 5.73. The molecule has 0 aliphatic heterocycles. The van der Waals surface area contributed by atoms with Crippen molar-refractivity contribution >= 4 is 17.2 Å². The van der Waals surface area contributed by atoms with E-state index in [-0.39, 0.29) is 10.9 Å². The summed E-state index contributed by atoms with van der Waals surface area (Å²) in [4.78, 5) is 8.31. The molecule has 2 N–H and O–H groups in total. The van der Waals surface area contributed by atoms with Crippen LogP contribution in [-0.4, -0.2) is 22.1 Å². The second-order valence-electron chi connectivity index (χ2n) is 4.02. The van der Waals surface area contributed by atoms with Gasteiger partial charge in [-0.25, -0.2) is 9.97 Å². The molecule has 6 heteroatoms. The van der Waals surface area contributed by atoms with Crippen LogP contribution in [0.2, 0.25) is 0 Å². The second-order valence-corrected chi connectivity index (χ2v) is 4.46. The number of nitrogens with zero attached hydrogens (tertiary/aromatic N) is 2. The van der Waals surface area contributed by atoms with E-state index < -0.39 is 0 Å². The molecule has 2 rings (SSSR count). The fourth-order valence-corrected chi connectivity index (χ4v) is 1.83. The molecule has 0 unspecified atom stereocenters. The van der Waals surface area contributed by atoms with E-state index in [1.165, 1.54) is 12.4 Å². The summed E-state index contributed by atoms with van der Waals surface area (Å²) in [5.74, 6) is 1.44. The number of thiocarbonyl (C=S) groups is 1. The van der Waals surface area contributed by atoms with Gasteiger partial charge in [-0.1, -0.05) is 25.2 Å². The van der Waals surface area contributed by atoms with Gasteiger partial charge in [-0.05, 0) is 24.1 Å². The van der Waals surface area contributed by atoms with E-state index in [2.05, 4.69) is 16.9 Å². The Morgan fingerprint density at radius 2 is 2.00 bits per heavy atom. The molecule has 1 aromatic heterocycles. The zero-order valence-electron chi connectivity index (χ0n) is 11.3. The van der Waals surface area contributed by atoms with E-state index in [1.54, 1.807) is 7.11 Å². The molecule has 1 heterocycles. The van der Waals surface area contributed by atoms with Gasteiger partial charge in [-0.15, -0.1) is 0 Å². The lowest BCUT2D eigenvalue weighted by Crippen LogP contribution is -2.13. The van der Waals surface area contributed by atoms with Crippen LogP contribution in [0.3, 0.4) is 0 Å². The highest BCUT2D eigenvalue weighted by Gasteiger charge is 2.13. The first-order chi connectivity index (χ1) is 9.65. The lowest BCUT2D eigenvalue weighted by molar-refractivity contribution is 0.372. The third-order valence-electron chi connectivity index (χ3n) is 2.74. The number of methoxy groups -OCH3 is 1. The van der Waals surface area contributed by atoms with Gasteiger partial charge in [0.15, 0.2) is 17.2 Å². The summed E-state index contributed by atoms with van der Waals surface area (Å²) in [7, 11) is 1.59. The number of aromatic nitrogens is 2. The monoisotopic (exact) mass is 289 g/mol. The summed E-state index contributed by atoms with van der Waals surface area (Å²) >= 11 is 4.93. The largest absolute Gasteiger partial charge is 0.493 e. The first kappa shape index (κ1) is 14.2. The first-order valence-corrected chi connectivity index (χ1v) is 6.52. The summed E-state index contributed by atoms with van der Waals surface area (Å²) in [6.45, 7) is 2.07. The average Bonchev–Trinajstić information content (AvgIpc) is 2.48. The van der Waals surface area contributed by atoms with Crippen LogP contribution >= 0.6 is 12.2 Å². The standard InChI is InChI=1S/C14H15N3O2S/c1-3-9-4-5-10(11(8-9)18-2)19-14-12(13(15)20)16-6-7-17-14/h4-8H,3H2,1-2H3,(H2,15,20). The number of hydrogen-bond donors (Lipinski definition) is 1. The Bertz CT molecular complexity index is 632. The number of rotatable bonds is 5. The normalized spacial score (nSPS) is 10.1. The van der Waals surface area contributed by atoms with Crippen LogP contribution < -0.4 is 15.2 Å². The van der Waals surface area contributed by atoms with Crippen molar-refractivity contribution in [3.63, 3.8) is 0 Å². The van der Waals surface area contributed by atoms with Gasteiger partial charge >= 0.3 is 0 Å². The Hall–Kier alpha value is -2.21. The molecule has 1 aromatic carbocycles. The van der Waals surface area contributed by atoms with E-state index >= 15 is 0 Å². The first-order valence-electron chi connectivity index (χ1n) is 6.11. The fraction of sp³-hybridized carbons (Fsp3) is 0.214. The minimum absolute atomic E-state index is 0.136. The molecule has 0 amide bonds. The maximum Gasteiger partial charge on any atom is 0.248 e. The van der Waals surface area contributed by atoms with Crippen molar-refractivity contribution in [2.75, 3.05) is 7.11 Å². The van der Waals surface area contributed by atoms with Crippen LogP contribution in [0.25, 0.3) is 0 Å². The Labute approximate surface area is 122 Å². The van der Waals surface area contributed by atoms with E-state index in [4.69, 9.17) is 27.4 Å². The van der Waals surface area contributed by atoms with E-state index in [0.717, 1.165) is 12.0 Å². The van der Waals surface area contributed by atoms with Gasteiger partial charge in [0.05, 0.1) is 7.11 Å². The summed E-state index contributed by atoms with van der Waals surface area (Å²) in [5, 5.41) is 0. The Morgan fingerprint density at radius 3 is 2.65 bits per heavy atom. The summed E-state index contributed by atoms with van der Waals surface area (Å²) in [6, 6.07) is 5.72. The molecule has 20 heavy (non-hydrogen) atoms. The number of nitrogens with two attached hydrogens (primary N) is 1. The van der Waals surface area contributed by atoms with Crippen LogP contribution in [0.15, 0.2) is 30.6 Å². The predicted octanol–water partition coefficient (Wildman–Crippen LogP) is 2.47. The number of ether oxygens (including phenoxy) is 2. The van der Waals surface area contributed by atoms with Gasteiger partial charge in [0.25, 0.3) is 0 Å². The molecule has 0 atom stereocenters. The smallest absolute Gasteiger partial charge is 0.248 e. The number of benzene rings is 1. The fourth-order valence-electron chi connectivity index (χ4n) is 1.69. The van der Waals surface area contributed by atoms with Crippen LogP contribution in [0.5, 0.6) is 17.4 Å². The zero-order chi connectivity index (χ0) is 14.5. The van der Waals surface area contributed by atoms with Gasteiger partial charge in [0.2, 0.25) is 5.88 Å². The minimum Gasteiger partial charge on any atom is -0.493 e. The third-order valence-corrected chi connectivity index (χ3v) is 2.93. The van der Waals surface area contributed by atoms with Crippen molar-refractivity contribution in [3.05, 3.63) is 41.9 Å². The molecule has 0 aliphatic carbocycles. The zero-order valence-corrected chi connectivity index (χ0v) is 12.1. The second kappa shape index (κ2) is 6.29. The van der Waals surface area contributed by atoms with Crippen LogP contribution in [0.1, 0.15) is 18.2 Å². The molecule has 104 valence electrons. The average molecular weight is 289 g/mol. The van der Waals surface area contributed by atoms with E-state index in [9.17, 15) is 0 Å². The summed E-state index contributed by atoms with van der Waals surface area (Å²) < 4.78 is 11.0. The highest BCUT2D eigenvalue weighted by molar-refractivity contribution is 7.80. The van der Waals surface area contributed by atoms with Crippen molar-refractivity contribution in [2.24, 2.45) is 5.73 Å². The van der Waals surface area contributed by atoms with Crippen molar-refractivity contribution < 1.29 is 9.47 Å². The van der Waals surface area contributed by atoms with Gasteiger partial charge in [-0.2, -0.15) is 0 Å². The molecule has 0 fully saturated rings. The maximum atomic E-state index is 5.73. The Balaban J connectivity index is 2.37. The molecular formula is C14H15N3O2S. The molecular weight excluding hydrogens is 274 g/mol. The molecule has 2 aromatic rings. The highest BCUT2D eigenvalue weighted by Crippen LogP contribution is 2.32. The Morgan fingerprint density at radius 1 is 1.25 bits per heavy atom. The van der Waals surface area contributed by atoms with Crippen molar-refractivity contribution in [1.82, 2.24) is 9.97 Å². The summed E-state index contributed by atoms with van der Waals surface area (Å²) in [5.41, 5.74) is 7.11. The van der Waals surface area contributed by atoms with E-state index in [0.29, 0.717) is 17.2 Å². The SMILES string of the molecule is CCc1ccc(Oc2nccnc2C(N)=S)c(OC)c1. The summed E-state index contributed by atoms with van der Waals surface area (Å²) in [6.07, 6.45) is 3.95. The third kappa shape index (κ3) is 3.03. The lowest BCUT2D eigenvalue weighted by Gasteiger charge is -2.12. The molecule has 0 saturated heterocycles. The van der Waals surface area contributed by atoms with Gasteiger partial charge in [-0.3, -0.25) is 0 Å². The van der Waals surface area contributed by atoms with Gasteiger partial charge in [0.1, 0.15) is 4.99 Å². The molecule has 0 bridgehead atoms. The van der Waals surface area contributed by atoms with Crippen LogP contribution in [-0.2, 0) is 6.42 Å². The van der Waals surface area contributed by atoms with Crippen molar-refractivity contribution in [2.45, 2.75) is 13.3 Å². The quantitative estimate of drug-likeness (QED) is 0.853. The van der Waals surface area contributed by atoms with Crippen LogP contribution in [0.4, 0.5) is 0 Å². The topological polar surface area (TPSA) is 70.3 Å². The van der Waals surface area contributed by atoms with Gasteiger partial charge < -0.3 is 15.2 Å². The number of aryl methyl sites for hydroxylation is 1. The highest BCUT2D eigenvalue weighted by atomic mass is 32.1. The van der Waals surface area contributed by atoms with Crippen molar-refractivity contribution in [1.29, 1.82) is 0 Å². The number of hydrogen-bond acceptors (Lipinski definition) is 5. The van der Waals surface area contributed by atoms with E-state index in [1.807, 2.05) is 18.2 Å². The molecule has 0 saturated carbocycles. The lowest BCUT2D eigenvalue weighted by atomic mass is 10.1. The molecule has 0 aliphatic rings. The molecule has 0 radical (unpaired) electrons. The molecule has 0 spiro atoms. The predicted molar refractivity (Wildman–Crippen MR) is 80.4 cm³/mol.